The van der Waals surface area contributed by atoms with Gasteiger partial charge in [-0.25, -0.2) is 13.8 Å². The molecular formula is C16H11F2N3OS2. The number of anilines is 1. The Morgan fingerprint density at radius 1 is 1.17 bits per heavy atom. The predicted molar refractivity (Wildman–Crippen MR) is 91.2 cm³/mol. The van der Waals surface area contributed by atoms with Crippen LogP contribution in [-0.4, -0.2) is 16.6 Å². The largest absolute Gasteiger partial charge is 0.320 e. The highest BCUT2D eigenvalue weighted by Crippen LogP contribution is 2.22. The van der Waals surface area contributed by atoms with Crippen LogP contribution in [0.15, 0.2) is 46.8 Å². The summed E-state index contributed by atoms with van der Waals surface area (Å²) >= 11 is 2.27. The minimum Gasteiger partial charge on any atom is -0.320 e. The van der Waals surface area contributed by atoms with E-state index in [2.05, 4.69) is 10.3 Å². The van der Waals surface area contributed by atoms with Gasteiger partial charge in [0.2, 0.25) is 5.91 Å². The predicted octanol–water partition coefficient (Wildman–Crippen LogP) is 3.78. The molecule has 0 atom stereocenters. The summed E-state index contributed by atoms with van der Waals surface area (Å²) in [4.78, 5) is 16.3. The van der Waals surface area contributed by atoms with Gasteiger partial charge in [0.1, 0.15) is 22.0 Å². The Morgan fingerprint density at radius 3 is 2.62 bits per heavy atom. The number of hydrogen-bond acceptors (Lipinski definition) is 5. The summed E-state index contributed by atoms with van der Waals surface area (Å²) < 4.78 is 27.9. The van der Waals surface area contributed by atoms with Crippen LogP contribution in [-0.2, 0) is 4.79 Å². The summed E-state index contributed by atoms with van der Waals surface area (Å²) in [5, 5.41) is 11.0. The van der Waals surface area contributed by atoms with Gasteiger partial charge in [-0.3, -0.25) is 10.2 Å². The fourth-order valence-electron chi connectivity index (χ4n) is 2.01. The molecule has 0 aliphatic heterocycles. The van der Waals surface area contributed by atoms with Crippen molar-refractivity contribution in [1.29, 1.82) is 5.41 Å². The van der Waals surface area contributed by atoms with Crippen molar-refractivity contribution in [2.45, 2.75) is 4.34 Å². The molecule has 1 heterocycles. The first-order valence-corrected chi connectivity index (χ1v) is 8.66. The molecule has 0 unspecified atom stereocenters. The van der Waals surface area contributed by atoms with Gasteiger partial charge in [-0.05, 0) is 24.3 Å². The van der Waals surface area contributed by atoms with Gasteiger partial charge in [-0.1, -0.05) is 41.3 Å². The molecule has 2 aromatic carbocycles. The molecule has 2 N–H and O–H groups in total. The number of fused-ring (bicyclic) bond motifs is 1. The average molecular weight is 363 g/mol. The SMILES string of the molecule is N=c1sc(SCC(=O)Nc2c(F)cccc2F)nc2ccccc12. The van der Waals surface area contributed by atoms with Crippen molar-refractivity contribution in [1.82, 2.24) is 4.98 Å². The van der Waals surface area contributed by atoms with Gasteiger partial charge >= 0.3 is 0 Å². The molecule has 0 radical (unpaired) electrons. The van der Waals surface area contributed by atoms with Crippen molar-refractivity contribution in [3.8, 4) is 0 Å². The lowest BCUT2D eigenvalue weighted by atomic mass is 10.2. The first-order chi connectivity index (χ1) is 11.5. The molecule has 1 aromatic heterocycles. The maximum absolute atomic E-state index is 13.5. The molecule has 8 heteroatoms. The van der Waals surface area contributed by atoms with Crippen LogP contribution in [0.5, 0.6) is 0 Å². The highest BCUT2D eigenvalue weighted by Gasteiger charge is 2.13. The van der Waals surface area contributed by atoms with Crippen molar-refractivity contribution >= 4 is 45.6 Å². The Labute approximate surface area is 144 Å². The number of para-hydroxylation sites is 2. The van der Waals surface area contributed by atoms with E-state index in [9.17, 15) is 13.6 Å². The van der Waals surface area contributed by atoms with E-state index in [4.69, 9.17) is 5.41 Å². The number of benzene rings is 2. The lowest BCUT2D eigenvalue weighted by molar-refractivity contribution is -0.113. The molecule has 122 valence electrons. The van der Waals surface area contributed by atoms with Gasteiger partial charge < -0.3 is 5.32 Å². The molecule has 24 heavy (non-hydrogen) atoms. The van der Waals surface area contributed by atoms with Crippen LogP contribution in [0.2, 0.25) is 0 Å². The molecule has 0 aliphatic rings. The number of hydrogen-bond donors (Lipinski definition) is 2. The van der Waals surface area contributed by atoms with Gasteiger partial charge in [-0.2, -0.15) is 0 Å². The van der Waals surface area contributed by atoms with E-state index in [0.29, 0.717) is 14.5 Å². The Kier molecular flexibility index (Phi) is 4.86. The Balaban J connectivity index is 1.72. The number of halogens is 2. The third-order valence-electron chi connectivity index (χ3n) is 3.10. The summed E-state index contributed by atoms with van der Waals surface area (Å²) in [6.45, 7) is 0. The zero-order valence-corrected chi connectivity index (χ0v) is 13.8. The maximum Gasteiger partial charge on any atom is 0.234 e. The topological polar surface area (TPSA) is 65.8 Å². The monoisotopic (exact) mass is 363 g/mol. The quantitative estimate of drug-likeness (QED) is 0.693. The molecule has 0 bridgehead atoms. The van der Waals surface area contributed by atoms with E-state index in [1.807, 2.05) is 18.2 Å². The van der Waals surface area contributed by atoms with E-state index in [1.165, 1.54) is 6.07 Å². The summed E-state index contributed by atoms with van der Waals surface area (Å²) in [6, 6.07) is 10.6. The minimum atomic E-state index is -0.826. The van der Waals surface area contributed by atoms with Gasteiger partial charge in [0.25, 0.3) is 0 Å². The summed E-state index contributed by atoms with van der Waals surface area (Å²) in [6.07, 6.45) is 0. The lowest BCUT2D eigenvalue weighted by Gasteiger charge is -2.07. The van der Waals surface area contributed by atoms with Gasteiger partial charge in [-0.15, -0.1) is 0 Å². The second-order valence-corrected chi connectivity index (χ2v) is 6.98. The highest BCUT2D eigenvalue weighted by molar-refractivity contribution is 8.01. The number of aromatic nitrogens is 1. The van der Waals surface area contributed by atoms with Crippen molar-refractivity contribution in [3.63, 3.8) is 0 Å². The van der Waals surface area contributed by atoms with Crippen LogP contribution in [0.25, 0.3) is 10.9 Å². The van der Waals surface area contributed by atoms with Crippen LogP contribution in [0, 0.1) is 17.0 Å². The van der Waals surface area contributed by atoms with Crippen LogP contribution in [0.1, 0.15) is 0 Å². The number of carbonyl (C=O) groups excluding carboxylic acids is 1. The number of carbonyl (C=O) groups is 1. The fourth-order valence-corrected chi connectivity index (χ4v) is 3.76. The van der Waals surface area contributed by atoms with E-state index in [1.54, 1.807) is 6.07 Å². The van der Waals surface area contributed by atoms with Gasteiger partial charge in [0, 0.05) is 5.39 Å². The zero-order valence-electron chi connectivity index (χ0n) is 12.2. The molecule has 0 fully saturated rings. The van der Waals surface area contributed by atoms with Crippen LogP contribution >= 0.6 is 23.1 Å². The van der Waals surface area contributed by atoms with Crippen LogP contribution in [0.3, 0.4) is 0 Å². The fraction of sp³-hybridized carbons (Fsp3) is 0.0625. The third kappa shape index (κ3) is 3.60. The Hall–Kier alpha value is -2.32. The first-order valence-electron chi connectivity index (χ1n) is 6.86. The number of nitrogens with zero attached hydrogens (tertiary/aromatic N) is 1. The van der Waals surface area contributed by atoms with Crippen molar-refractivity contribution in [3.05, 3.63) is 58.8 Å². The average Bonchev–Trinajstić information content (AvgIpc) is 2.56. The molecule has 0 saturated heterocycles. The molecular weight excluding hydrogens is 352 g/mol. The van der Waals surface area contributed by atoms with Crippen LogP contribution < -0.4 is 9.99 Å². The number of amides is 1. The summed E-state index contributed by atoms with van der Waals surface area (Å²) in [5.41, 5.74) is 0.212. The van der Waals surface area contributed by atoms with Crippen molar-refractivity contribution in [2.75, 3.05) is 11.1 Å². The molecule has 0 saturated carbocycles. The standard InChI is InChI=1S/C16H11F2N3OS2/c17-10-5-3-6-11(18)14(10)21-13(22)8-23-16-20-12-7-2-1-4-9(12)15(19)24-16/h1-7,19H,8H2,(H,21,22). The Bertz CT molecular complexity index is 955. The normalized spacial score (nSPS) is 10.8. The van der Waals surface area contributed by atoms with E-state index in [0.717, 1.165) is 40.6 Å². The second-order valence-electron chi connectivity index (χ2n) is 4.76. The molecule has 1 amide bonds. The van der Waals surface area contributed by atoms with Crippen molar-refractivity contribution < 1.29 is 13.6 Å². The van der Waals surface area contributed by atoms with E-state index < -0.39 is 23.2 Å². The van der Waals surface area contributed by atoms with Crippen LogP contribution in [0.4, 0.5) is 14.5 Å². The molecule has 0 spiro atoms. The molecule has 3 rings (SSSR count). The smallest absolute Gasteiger partial charge is 0.234 e. The van der Waals surface area contributed by atoms with E-state index >= 15 is 0 Å². The summed E-state index contributed by atoms with van der Waals surface area (Å²) in [5.74, 6) is -2.26. The second kappa shape index (κ2) is 7.06. The number of nitrogens with one attached hydrogen (secondary N) is 2. The lowest BCUT2D eigenvalue weighted by Crippen LogP contribution is -2.16. The van der Waals surface area contributed by atoms with Gasteiger partial charge in [0.15, 0.2) is 4.34 Å². The molecule has 0 aliphatic carbocycles. The third-order valence-corrected chi connectivity index (χ3v) is 5.14. The zero-order chi connectivity index (χ0) is 17.1. The van der Waals surface area contributed by atoms with Gasteiger partial charge in [0.05, 0.1) is 11.3 Å². The molecule has 4 nitrogen and oxygen atoms in total. The highest BCUT2D eigenvalue weighted by atomic mass is 32.2. The minimum absolute atomic E-state index is 0.0605. The maximum atomic E-state index is 13.5. The first kappa shape index (κ1) is 16.5. The number of rotatable bonds is 4. The number of thioether (sulfide) groups is 1. The van der Waals surface area contributed by atoms with E-state index in [-0.39, 0.29) is 5.75 Å². The summed E-state index contributed by atoms with van der Waals surface area (Å²) in [7, 11) is 0. The Morgan fingerprint density at radius 2 is 1.88 bits per heavy atom. The molecule has 3 aromatic rings. The van der Waals surface area contributed by atoms with Crippen molar-refractivity contribution in [2.24, 2.45) is 0 Å².